The summed E-state index contributed by atoms with van der Waals surface area (Å²) in [6.07, 6.45) is 8.49. The standard InChI is InChI=1S/C21H24.C13H11N/c1-5-6-17-7-9-18(10-8-17)11-12-19-13-15-20(16-14-19)21(2,3)4;1-14-12-8-4-2-6-10(12)11-7-3-5-9-13(11)14/h5-16H,1-4H3;2-9H,1H3/b6-5+,12-11+;. The lowest BCUT2D eigenvalue weighted by Crippen LogP contribution is -2.10. The number of rotatable bonds is 3. The van der Waals surface area contributed by atoms with Crippen LogP contribution >= 0.6 is 0 Å². The zero-order valence-electron chi connectivity index (χ0n) is 21.5. The number of benzene rings is 4. The maximum Gasteiger partial charge on any atom is 0.0488 e. The van der Waals surface area contributed by atoms with Gasteiger partial charge in [0, 0.05) is 28.9 Å². The molecule has 4 aromatic carbocycles. The van der Waals surface area contributed by atoms with Crippen LogP contribution in [0.15, 0.2) is 103 Å². The van der Waals surface area contributed by atoms with E-state index in [1.54, 1.807) is 0 Å². The Hall–Kier alpha value is -3.84. The number of hydrogen-bond acceptors (Lipinski definition) is 0. The van der Waals surface area contributed by atoms with E-state index in [-0.39, 0.29) is 5.41 Å². The minimum absolute atomic E-state index is 0.213. The monoisotopic (exact) mass is 457 g/mol. The fraction of sp³-hybridized carbons (Fsp3) is 0.176. The Balaban J connectivity index is 0.000000177. The number of nitrogens with zero attached hydrogens (tertiary/aromatic N) is 1. The van der Waals surface area contributed by atoms with E-state index in [4.69, 9.17) is 0 Å². The molecule has 35 heavy (non-hydrogen) atoms. The van der Waals surface area contributed by atoms with Crippen LogP contribution in [-0.2, 0) is 12.5 Å². The van der Waals surface area contributed by atoms with Gasteiger partial charge in [-0.1, -0.05) is 130 Å². The number of hydrogen-bond donors (Lipinski definition) is 0. The van der Waals surface area contributed by atoms with E-state index >= 15 is 0 Å². The molecule has 0 saturated heterocycles. The highest BCUT2D eigenvalue weighted by Gasteiger charge is 2.12. The lowest BCUT2D eigenvalue weighted by atomic mass is 9.87. The summed E-state index contributed by atoms with van der Waals surface area (Å²) < 4.78 is 2.24. The Labute approximate surface area is 210 Å². The van der Waals surface area contributed by atoms with Crippen LogP contribution in [0.2, 0.25) is 0 Å². The summed E-state index contributed by atoms with van der Waals surface area (Å²) in [5, 5.41) is 2.68. The average Bonchev–Trinajstić information content (AvgIpc) is 3.16. The van der Waals surface area contributed by atoms with Crippen LogP contribution < -0.4 is 0 Å². The van der Waals surface area contributed by atoms with Crippen LogP contribution in [0.1, 0.15) is 49.9 Å². The molecule has 0 radical (unpaired) electrons. The van der Waals surface area contributed by atoms with Crippen molar-refractivity contribution in [1.82, 2.24) is 4.57 Å². The number of para-hydroxylation sites is 2. The van der Waals surface area contributed by atoms with E-state index in [9.17, 15) is 0 Å². The molecule has 5 aromatic rings. The third-order valence-electron chi connectivity index (χ3n) is 6.36. The Morgan fingerprint density at radius 1 is 0.543 bits per heavy atom. The lowest BCUT2D eigenvalue weighted by Gasteiger charge is -2.18. The van der Waals surface area contributed by atoms with E-state index in [0.717, 1.165) is 0 Å². The van der Waals surface area contributed by atoms with Crippen molar-refractivity contribution in [3.8, 4) is 0 Å². The fourth-order valence-electron chi connectivity index (χ4n) is 4.31. The van der Waals surface area contributed by atoms with Gasteiger partial charge in [-0.15, -0.1) is 0 Å². The maximum absolute atomic E-state index is 2.24. The molecule has 0 unspecified atom stereocenters. The number of aryl methyl sites for hydroxylation is 1. The Bertz CT molecular complexity index is 1400. The van der Waals surface area contributed by atoms with Crippen LogP contribution in [0.3, 0.4) is 0 Å². The van der Waals surface area contributed by atoms with Crippen LogP contribution in [0.4, 0.5) is 0 Å². The van der Waals surface area contributed by atoms with Gasteiger partial charge in [0.2, 0.25) is 0 Å². The van der Waals surface area contributed by atoms with Crippen molar-refractivity contribution in [2.24, 2.45) is 7.05 Å². The summed E-state index contributed by atoms with van der Waals surface area (Å²) in [5.41, 5.74) is 7.89. The minimum Gasteiger partial charge on any atom is -0.344 e. The Kier molecular flexibility index (Phi) is 7.36. The highest BCUT2D eigenvalue weighted by atomic mass is 14.9. The van der Waals surface area contributed by atoms with Crippen molar-refractivity contribution in [3.63, 3.8) is 0 Å². The zero-order chi connectivity index (χ0) is 24.8. The molecule has 0 spiro atoms. The van der Waals surface area contributed by atoms with Crippen LogP contribution in [-0.4, -0.2) is 4.57 Å². The van der Waals surface area contributed by atoms with Gasteiger partial charge in [0.15, 0.2) is 0 Å². The second-order valence-corrected chi connectivity index (χ2v) is 9.97. The smallest absolute Gasteiger partial charge is 0.0488 e. The third kappa shape index (κ3) is 5.81. The molecule has 1 nitrogen and oxygen atoms in total. The largest absolute Gasteiger partial charge is 0.344 e. The van der Waals surface area contributed by atoms with Gasteiger partial charge in [0.25, 0.3) is 0 Å². The molecule has 0 atom stereocenters. The normalized spacial score (nSPS) is 11.9. The SMILES string of the molecule is C/C=C/c1ccc(/C=C/c2ccc(C(C)(C)C)cc2)cc1.Cn1c2ccccc2c2ccccc21. The van der Waals surface area contributed by atoms with Crippen LogP contribution in [0.25, 0.3) is 40.0 Å². The molecule has 0 N–H and O–H groups in total. The summed E-state index contributed by atoms with van der Waals surface area (Å²) in [4.78, 5) is 0. The van der Waals surface area contributed by atoms with Crippen LogP contribution in [0.5, 0.6) is 0 Å². The van der Waals surface area contributed by atoms with Crippen molar-refractivity contribution >= 4 is 40.0 Å². The zero-order valence-corrected chi connectivity index (χ0v) is 21.5. The molecule has 0 amide bonds. The minimum atomic E-state index is 0.213. The third-order valence-corrected chi connectivity index (χ3v) is 6.36. The van der Waals surface area contributed by atoms with Crippen molar-refractivity contribution in [2.75, 3.05) is 0 Å². The van der Waals surface area contributed by atoms with E-state index in [2.05, 4.69) is 154 Å². The number of aromatic nitrogens is 1. The van der Waals surface area contributed by atoms with Crippen molar-refractivity contribution in [2.45, 2.75) is 33.1 Å². The van der Waals surface area contributed by atoms with Crippen molar-refractivity contribution < 1.29 is 0 Å². The average molecular weight is 458 g/mol. The molecule has 0 aliphatic carbocycles. The first-order chi connectivity index (χ1) is 16.9. The quantitative estimate of drug-likeness (QED) is 0.238. The number of fused-ring (bicyclic) bond motifs is 3. The molecular formula is C34H35N. The summed E-state index contributed by atoms with van der Waals surface area (Å²) >= 11 is 0. The molecular weight excluding hydrogens is 422 g/mol. The van der Waals surface area contributed by atoms with E-state index < -0.39 is 0 Å². The first-order valence-corrected chi connectivity index (χ1v) is 12.3. The van der Waals surface area contributed by atoms with Crippen molar-refractivity contribution in [1.29, 1.82) is 0 Å². The molecule has 176 valence electrons. The molecule has 1 heteroatoms. The van der Waals surface area contributed by atoms with Gasteiger partial charge >= 0.3 is 0 Å². The second kappa shape index (κ2) is 10.6. The number of allylic oxidation sites excluding steroid dienone is 1. The first kappa shape index (κ1) is 24.3. The summed E-state index contributed by atoms with van der Waals surface area (Å²) in [6, 6.07) is 34.4. The van der Waals surface area contributed by atoms with Gasteiger partial charge in [-0.25, -0.2) is 0 Å². The molecule has 0 bridgehead atoms. The van der Waals surface area contributed by atoms with Crippen LogP contribution in [0, 0.1) is 0 Å². The van der Waals surface area contributed by atoms with E-state index in [0.29, 0.717) is 0 Å². The maximum atomic E-state index is 2.24. The van der Waals surface area contributed by atoms with Gasteiger partial charge in [-0.2, -0.15) is 0 Å². The van der Waals surface area contributed by atoms with E-state index in [1.807, 2.05) is 6.92 Å². The molecule has 0 fully saturated rings. The molecule has 1 heterocycles. The summed E-state index contributed by atoms with van der Waals surface area (Å²) in [7, 11) is 2.12. The summed E-state index contributed by atoms with van der Waals surface area (Å²) in [6.45, 7) is 8.76. The topological polar surface area (TPSA) is 4.93 Å². The van der Waals surface area contributed by atoms with Gasteiger partial charge in [-0.3, -0.25) is 0 Å². The van der Waals surface area contributed by atoms with Gasteiger partial charge in [0.1, 0.15) is 0 Å². The molecule has 0 saturated carbocycles. The highest BCUT2D eigenvalue weighted by Crippen LogP contribution is 2.27. The Morgan fingerprint density at radius 3 is 1.37 bits per heavy atom. The fourth-order valence-corrected chi connectivity index (χ4v) is 4.31. The van der Waals surface area contributed by atoms with Gasteiger partial charge in [-0.05, 0) is 46.7 Å². The second-order valence-electron chi connectivity index (χ2n) is 9.97. The highest BCUT2D eigenvalue weighted by molar-refractivity contribution is 6.07. The molecule has 5 rings (SSSR count). The first-order valence-electron chi connectivity index (χ1n) is 12.3. The van der Waals surface area contributed by atoms with E-state index in [1.165, 1.54) is 44.1 Å². The molecule has 0 aliphatic heterocycles. The van der Waals surface area contributed by atoms with Gasteiger partial charge in [0.05, 0.1) is 0 Å². The molecule has 0 aliphatic rings. The Morgan fingerprint density at radius 2 is 0.943 bits per heavy atom. The van der Waals surface area contributed by atoms with Gasteiger partial charge < -0.3 is 4.57 Å². The molecule has 1 aromatic heterocycles. The summed E-state index contributed by atoms with van der Waals surface area (Å²) in [5.74, 6) is 0. The van der Waals surface area contributed by atoms with Crippen molar-refractivity contribution in [3.05, 3.63) is 125 Å². The predicted octanol–water partition coefficient (Wildman–Crippen LogP) is 9.52. The lowest BCUT2D eigenvalue weighted by molar-refractivity contribution is 0.590. The predicted molar refractivity (Wildman–Crippen MR) is 156 cm³/mol.